The molecular weight excluding hydrogens is 478 g/mol. The van der Waals surface area contributed by atoms with Crippen molar-refractivity contribution in [1.82, 2.24) is 19.7 Å². The molecule has 1 aliphatic rings. The molecule has 8 nitrogen and oxygen atoms in total. The lowest BCUT2D eigenvalue weighted by Gasteiger charge is -2.43. The van der Waals surface area contributed by atoms with Crippen LogP contribution in [0.3, 0.4) is 0 Å². The summed E-state index contributed by atoms with van der Waals surface area (Å²) in [6.45, 7) is 9.30. The maximum Gasteiger partial charge on any atom is 0.276 e. The minimum absolute atomic E-state index is 0.202. The summed E-state index contributed by atoms with van der Waals surface area (Å²) in [5, 5.41) is 17.6. The maximum absolute atomic E-state index is 13.1. The number of benzene rings is 1. The van der Waals surface area contributed by atoms with E-state index in [9.17, 15) is 9.90 Å². The fourth-order valence-electron chi connectivity index (χ4n) is 3.87. The molecule has 3 aromatic rings. The number of ether oxygens (including phenoxy) is 1. The van der Waals surface area contributed by atoms with Crippen LogP contribution in [-0.4, -0.2) is 55.8 Å². The number of carbonyl (C=O) groups excluding carboxylic acids is 1. The molecular formula is C27H30ClN5O3. The van der Waals surface area contributed by atoms with Crippen LogP contribution in [0.4, 0.5) is 5.82 Å². The van der Waals surface area contributed by atoms with Gasteiger partial charge in [-0.1, -0.05) is 41.6 Å². The highest BCUT2D eigenvalue weighted by Crippen LogP contribution is 2.25. The van der Waals surface area contributed by atoms with E-state index in [1.165, 1.54) is 6.20 Å². The second-order valence-corrected chi connectivity index (χ2v) is 10.3. The van der Waals surface area contributed by atoms with Crippen LogP contribution in [0.25, 0.3) is 0 Å². The first kappa shape index (κ1) is 25.9. The van der Waals surface area contributed by atoms with E-state index in [0.29, 0.717) is 25.5 Å². The molecule has 1 atom stereocenters. The number of halogens is 1. The molecule has 0 spiro atoms. The minimum Gasteiger partial charge on any atom is -0.356 e. The van der Waals surface area contributed by atoms with Crippen LogP contribution in [0, 0.1) is 24.7 Å². The van der Waals surface area contributed by atoms with Gasteiger partial charge in [0.2, 0.25) is 6.41 Å². The summed E-state index contributed by atoms with van der Waals surface area (Å²) in [4.78, 5) is 19.3. The van der Waals surface area contributed by atoms with E-state index in [1.54, 1.807) is 10.9 Å². The molecule has 1 aromatic carbocycles. The lowest BCUT2D eigenvalue weighted by atomic mass is 10.0. The van der Waals surface area contributed by atoms with Crippen LogP contribution < -0.4 is 5.32 Å². The highest BCUT2D eigenvalue weighted by molar-refractivity contribution is 6.34. The topological polar surface area (TPSA) is 92.5 Å². The molecule has 4 rings (SSSR count). The van der Waals surface area contributed by atoms with E-state index in [2.05, 4.69) is 27.2 Å². The van der Waals surface area contributed by atoms with E-state index in [0.717, 1.165) is 16.7 Å². The molecule has 1 amide bonds. The number of nitrogens with one attached hydrogen (secondary N) is 1. The fraction of sp³-hybridized carbons (Fsp3) is 0.370. The van der Waals surface area contributed by atoms with Crippen molar-refractivity contribution in [3.8, 4) is 11.8 Å². The third-order valence-corrected chi connectivity index (χ3v) is 5.91. The first-order valence-electron chi connectivity index (χ1n) is 11.8. The number of hydrogen-bond acceptors (Lipinski definition) is 6. The number of hydrogen-bond donors (Lipinski definition) is 2. The maximum atomic E-state index is 13.1. The zero-order valence-corrected chi connectivity index (χ0v) is 21.6. The number of aromatic nitrogens is 3. The van der Waals surface area contributed by atoms with E-state index >= 15 is 0 Å². The zero-order valence-electron chi connectivity index (χ0n) is 20.8. The van der Waals surface area contributed by atoms with Crippen molar-refractivity contribution in [2.24, 2.45) is 5.92 Å². The molecule has 0 saturated carbocycles. The second kappa shape index (κ2) is 10.8. The van der Waals surface area contributed by atoms with Crippen molar-refractivity contribution in [1.29, 1.82) is 0 Å². The number of aliphatic hydroxyl groups is 1. The van der Waals surface area contributed by atoms with Crippen LogP contribution in [-0.2, 0) is 11.3 Å². The van der Waals surface area contributed by atoms with Crippen molar-refractivity contribution in [3.05, 3.63) is 76.2 Å². The molecule has 36 heavy (non-hydrogen) atoms. The first-order chi connectivity index (χ1) is 17.1. The number of likely N-dealkylation sites (tertiary alicyclic amines) is 1. The summed E-state index contributed by atoms with van der Waals surface area (Å²) in [7, 11) is 0. The summed E-state index contributed by atoms with van der Waals surface area (Å²) >= 11 is 6.31. The van der Waals surface area contributed by atoms with E-state index < -0.39 is 12.0 Å². The van der Waals surface area contributed by atoms with Crippen LogP contribution in [0.15, 0.2) is 48.8 Å². The molecule has 2 aromatic heterocycles. The Morgan fingerprint density at radius 2 is 1.92 bits per heavy atom. The quantitative estimate of drug-likeness (QED) is 0.388. The van der Waals surface area contributed by atoms with Gasteiger partial charge in [-0.3, -0.25) is 14.4 Å². The van der Waals surface area contributed by atoms with Gasteiger partial charge in [0.15, 0.2) is 0 Å². The van der Waals surface area contributed by atoms with Gasteiger partial charge in [0.05, 0.1) is 16.8 Å². The van der Waals surface area contributed by atoms with Gasteiger partial charge in [0.25, 0.3) is 5.91 Å². The monoisotopic (exact) mass is 507 g/mol. The van der Waals surface area contributed by atoms with E-state index in [1.807, 2.05) is 69.0 Å². The van der Waals surface area contributed by atoms with Gasteiger partial charge in [0.1, 0.15) is 11.5 Å². The average molecular weight is 508 g/mol. The molecule has 1 fully saturated rings. The van der Waals surface area contributed by atoms with Crippen molar-refractivity contribution < 1.29 is 14.6 Å². The second-order valence-electron chi connectivity index (χ2n) is 9.86. The summed E-state index contributed by atoms with van der Waals surface area (Å²) in [5.74, 6) is 6.45. The van der Waals surface area contributed by atoms with Crippen LogP contribution >= 0.6 is 11.6 Å². The number of aliphatic hydroxyl groups excluding tert-OH is 1. The molecule has 0 radical (unpaired) electrons. The Morgan fingerprint density at radius 3 is 2.58 bits per heavy atom. The molecule has 188 valence electrons. The normalized spacial score (nSPS) is 15.1. The molecule has 2 N–H and O–H groups in total. The molecule has 9 heteroatoms. The molecule has 1 aliphatic heterocycles. The number of nitrogens with zero attached hydrogens (tertiary/aromatic N) is 4. The van der Waals surface area contributed by atoms with Gasteiger partial charge in [0, 0.05) is 42.9 Å². The van der Waals surface area contributed by atoms with Gasteiger partial charge >= 0.3 is 0 Å². The number of anilines is 1. The zero-order chi connectivity index (χ0) is 25.9. The number of rotatable bonds is 6. The predicted molar refractivity (Wildman–Crippen MR) is 138 cm³/mol. The Bertz CT molecular complexity index is 1280. The van der Waals surface area contributed by atoms with Gasteiger partial charge in [-0.25, -0.2) is 4.98 Å². The SMILES string of the molecule is Cc1cc(C#Cc2ccccc2)cnc1NC(=O)c1c(Cl)cnn1CC1CN(C(O)OC(C)(C)C)C1. The van der Waals surface area contributed by atoms with Crippen molar-refractivity contribution in [2.45, 2.75) is 46.3 Å². The number of aryl methyl sites for hydroxylation is 1. The Labute approximate surface area is 216 Å². The Hall–Kier alpha value is -3.22. The third kappa shape index (κ3) is 6.50. The molecule has 0 aliphatic carbocycles. The Kier molecular flexibility index (Phi) is 7.76. The Morgan fingerprint density at radius 1 is 1.22 bits per heavy atom. The van der Waals surface area contributed by atoms with Crippen LogP contribution in [0.1, 0.15) is 48.0 Å². The summed E-state index contributed by atoms with van der Waals surface area (Å²) < 4.78 is 7.19. The Balaban J connectivity index is 1.38. The molecule has 1 saturated heterocycles. The number of carbonyl (C=O) groups is 1. The standard InChI is InChI=1S/C27H30ClN5O3/c1-18-12-20(11-10-19-8-6-5-7-9-19)13-29-24(18)31-25(34)23-22(28)14-30-33(23)17-21-15-32(16-21)26(35)36-27(2,3)4/h5-9,12-14,21,26,35H,15-17H2,1-4H3,(H,29,31,34). The number of pyridine rings is 1. The van der Waals surface area contributed by atoms with Gasteiger partial charge in [-0.15, -0.1) is 0 Å². The lowest BCUT2D eigenvalue weighted by Crippen LogP contribution is -2.55. The molecule has 0 bridgehead atoms. The van der Waals surface area contributed by atoms with Crippen LogP contribution in [0.5, 0.6) is 0 Å². The average Bonchev–Trinajstić information content (AvgIpc) is 3.15. The first-order valence-corrected chi connectivity index (χ1v) is 12.1. The van der Waals surface area contributed by atoms with Gasteiger partial charge < -0.3 is 15.2 Å². The molecule has 3 heterocycles. The summed E-state index contributed by atoms with van der Waals surface area (Å²) in [5.41, 5.74) is 2.29. The highest BCUT2D eigenvalue weighted by atomic mass is 35.5. The third-order valence-electron chi connectivity index (χ3n) is 5.63. The predicted octanol–water partition coefficient (Wildman–Crippen LogP) is 3.91. The summed E-state index contributed by atoms with van der Waals surface area (Å²) in [6.07, 6.45) is 2.14. The van der Waals surface area contributed by atoms with Crippen molar-refractivity contribution >= 4 is 23.3 Å². The van der Waals surface area contributed by atoms with Gasteiger partial charge in [-0.05, 0) is 51.5 Å². The number of amides is 1. The van der Waals surface area contributed by atoms with Crippen molar-refractivity contribution in [2.75, 3.05) is 18.4 Å². The smallest absolute Gasteiger partial charge is 0.276 e. The lowest BCUT2D eigenvalue weighted by molar-refractivity contribution is -0.262. The largest absolute Gasteiger partial charge is 0.356 e. The fourth-order valence-corrected chi connectivity index (χ4v) is 4.10. The highest BCUT2D eigenvalue weighted by Gasteiger charge is 2.35. The van der Waals surface area contributed by atoms with E-state index in [-0.39, 0.29) is 22.5 Å². The molecule has 1 unspecified atom stereocenters. The van der Waals surface area contributed by atoms with Crippen molar-refractivity contribution in [3.63, 3.8) is 0 Å². The van der Waals surface area contributed by atoms with Gasteiger partial charge in [-0.2, -0.15) is 5.10 Å². The minimum atomic E-state index is -0.959. The summed E-state index contributed by atoms with van der Waals surface area (Å²) in [6, 6.07) is 11.6. The van der Waals surface area contributed by atoms with E-state index in [4.69, 9.17) is 16.3 Å². The van der Waals surface area contributed by atoms with Crippen LogP contribution in [0.2, 0.25) is 5.02 Å².